The molecule has 1 heterocycles. The first kappa shape index (κ1) is 8.11. The van der Waals surface area contributed by atoms with Crippen LogP contribution < -0.4 is 4.74 Å². The van der Waals surface area contributed by atoms with E-state index in [9.17, 15) is 0 Å². The van der Waals surface area contributed by atoms with E-state index in [0.717, 1.165) is 23.1 Å². The summed E-state index contributed by atoms with van der Waals surface area (Å²) < 4.78 is 6.83. The quantitative estimate of drug-likeness (QED) is 0.715. The summed E-state index contributed by atoms with van der Waals surface area (Å²) in [7, 11) is 0. The molecule has 12 heavy (non-hydrogen) atoms. The van der Waals surface area contributed by atoms with Crippen LogP contribution in [0.25, 0.3) is 0 Å². The van der Waals surface area contributed by atoms with E-state index in [1.54, 1.807) is 0 Å². The van der Waals surface area contributed by atoms with Gasteiger partial charge in [-0.25, -0.2) is 0 Å². The second kappa shape index (κ2) is 3.09. The van der Waals surface area contributed by atoms with Crippen LogP contribution >= 0.6 is 15.9 Å². The fourth-order valence-electron chi connectivity index (χ4n) is 1.52. The Bertz CT molecular complexity index is 296. The lowest BCUT2D eigenvalue weighted by molar-refractivity contribution is 0.228. The van der Waals surface area contributed by atoms with Crippen LogP contribution in [0.4, 0.5) is 0 Å². The number of fused-ring (bicyclic) bond motifs is 1. The second-order valence-electron chi connectivity index (χ2n) is 3.10. The van der Waals surface area contributed by atoms with Gasteiger partial charge >= 0.3 is 0 Å². The molecular formula is C10H11BrO. The van der Waals surface area contributed by atoms with Crippen molar-refractivity contribution in [2.75, 3.05) is 0 Å². The first-order valence-corrected chi connectivity index (χ1v) is 5.04. The van der Waals surface area contributed by atoms with Gasteiger partial charge in [0, 0.05) is 10.9 Å². The van der Waals surface area contributed by atoms with E-state index in [4.69, 9.17) is 4.74 Å². The van der Waals surface area contributed by atoms with Crippen LogP contribution in [-0.2, 0) is 6.42 Å². The third-order valence-corrected chi connectivity index (χ3v) is 2.71. The van der Waals surface area contributed by atoms with Crippen LogP contribution in [0.1, 0.15) is 18.9 Å². The van der Waals surface area contributed by atoms with Crippen molar-refractivity contribution < 1.29 is 4.74 Å². The molecule has 0 spiro atoms. The third-order valence-electron chi connectivity index (χ3n) is 2.22. The zero-order valence-electron chi connectivity index (χ0n) is 7.01. The molecule has 1 unspecified atom stereocenters. The van der Waals surface area contributed by atoms with Gasteiger partial charge in [-0.2, -0.15) is 0 Å². The van der Waals surface area contributed by atoms with Gasteiger partial charge in [0.05, 0.1) is 0 Å². The Hall–Kier alpha value is -0.500. The summed E-state index contributed by atoms with van der Waals surface area (Å²) in [5.74, 6) is 1.06. The fourth-order valence-corrected chi connectivity index (χ4v) is 1.93. The topological polar surface area (TPSA) is 9.23 Å². The maximum Gasteiger partial charge on any atom is 0.123 e. The summed E-state index contributed by atoms with van der Waals surface area (Å²) >= 11 is 3.45. The van der Waals surface area contributed by atoms with Gasteiger partial charge in [0.15, 0.2) is 0 Å². The Kier molecular flexibility index (Phi) is 2.09. The maximum atomic E-state index is 5.69. The summed E-state index contributed by atoms with van der Waals surface area (Å²) in [6, 6.07) is 6.21. The number of ether oxygens (including phenoxy) is 1. The van der Waals surface area contributed by atoms with Crippen molar-refractivity contribution in [1.29, 1.82) is 0 Å². The molecule has 1 aliphatic rings. The molecule has 0 N–H and O–H groups in total. The van der Waals surface area contributed by atoms with E-state index in [1.165, 1.54) is 5.56 Å². The SMILES string of the molecule is CCC1Cc2cc(Br)ccc2O1. The van der Waals surface area contributed by atoms with E-state index >= 15 is 0 Å². The molecular weight excluding hydrogens is 216 g/mol. The molecule has 1 aromatic carbocycles. The van der Waals surface area contributed by atoms with Crippen molar-refractivity contribution in [1.82, 2.24) is 0 Å². The lowest BCUT2D eigenvalue weighted by atomic mass is 10.1. The summed E-state index contributed by atoms with van der Waals surface area (Å²) in [6.07, 6.45) is 2.55. The minimum Gasteiger partial charge on any atom is -0.490 e. The molecule has 0 radical (unpaired) electrons. The zero-order chi connectivity index (χ0) is 8.55. The van der Waals surface area contributed by atoms with Gasteiger partial charge in [-0.05, 0) is 30.2 Å². The zero-order valence-corrected chi connectivity index (χ0v) is 8.60. The van der Waals surface area contributed by atoms with E-state index in [-0.39, 0.29) is 0 Å². The standard InChI is InChI=1S/C10H11BrO/c1-2-9-6-7-5-8(11)3-4-10(7)12-9/h3-5,9H,2,6H2,1H3. The van der Waals surface area contributed by atoms with Crippen LogP contribution in [0.15, 0.2) is 22.7 Å². The number of benzene rings is 1. The predicted molar refractivity (Wildman–Crippen MR) is 52.6 cm³/mol. The van der Waals surface area contributed by atoms with Crippen LogP contribution in [0.2, 0.25) is 0 Å². The normalized spacial score (nSPS) is 20.3. The van der Waals surface area contributed by atoms with Crippen molar-refractivity contribution in [3.8, 4) is 5.75 Å². The Morgan fingerprint density at radius 2 is 2.42 bits per heavy atom. The minimum absolute atomic E-state index is 0.397. The van der Waals surface area contributed by atoms with Crippen LogP contribution in [0, 0.1) is 0 Å². The van der Waals surface area contributed by atoms with Crippen molar-refractivity contribution in [2.45, 2.75) is 25.9 Å². The number of hydrogen-bond donors (Lipinski definition) is 0. The molecule has 1 aliphatic heterocycles. The minimum atomic E-state index is 0.397. The van der Waals surface area contributed by atoms with Crippen LogP contribution in [-0.4, -0.2) is 6.10 Å². The molecule has 0 saturated heterocycles. The number of hydrogen-bond acceptors (Lipinski definition) is 1. The predicted octanol–water partition coefficient (Wildman–Crippen LogP) is 3.16. The molecule has 2 rings (SSSR count). The highest BCUT2D eigenvalue weighted by Crippen LogP contribution is 2.31. The van der Waals surface area contributed by atoms with E-state index in [2.05, 4.69) is 28.9 Å². The Morgan fingerprint density at radius 1 is 1.58 bits per heavy atom. The summed E-state index contributed by atoms with van der Waals surface area (Å²) in [6.45, 7) is 2.16. The van der Waals surface area contributed by atoms with Gasteiger partial charge in [0.25, 0.3) is 0 Å². The van der Waals surface area contributed by atoms with Crippen molar-refractivity contribution in [2.24, 2.45) is 0 Å². The van der Waals surface area contributed by atoms with Gasteiger partial charge in [0.1, 0.15) is 11.9 Å². The molecule has 1 atom stereocenters. The van der Waals surface area contributed by atoms with Gasteiger partial charge in [-0.1, -0.05) is 22.9 Å². The molecule has 0 bridgehead atoms. The van der Waals surface area contributed by atoms with E-state index < -0.39 is 0 Å². The highest BCUT2D eigenvalue weighted by molar-refractivity contribution is 9.10. The molecule has 2 heteroatoms. The largest absolute Gasteiger partial charge is 0.490 e. The Morgan fingerprint density at radius 3 is 3.17 bits per heavy atom. The van der Waals surface area contributed by atoms with Crippen molar-refractivity contribution >= 4 is 15.9 Å². The maximum absolute atomic E-state index is 5.69. The molecule has 64 valence electrons. The van der Waals surface area contributed by atoms with E-state index in [0.29, 0.717) is 6.10 Å². The van der Waals surface area contributed by atoms with Gasteiger partial charge in [-0.15, -0.1) is 0 Å². The smallest absolute Gasteiger partial charge is 0.123 e. The number of rotatable bonds is 1. The Labute approximate surface area is 80.9 Å². The third kappa shape index (κ3) is 1.36. The monoisotopic (exact) mass is 226 g/mol. The van der Waals surface area contributed by atoms with Gasteiger partial charge in [-0.3, -0.25) is 0 Å². The van der Waals surface area contributed by atoms with Crippen molar-refractivity contribution in [3.63, 3.8) is 0 Å². The first-order valence-electron chi connectivity index (χ1n) is 4.24. The molecule has 0 aromatic heterocycles. The molecule has 0 saturated carbocycles. The van der Waals surface area contributed by atoms with Gasteiger partial charge in [0.2, 0.25) is 0 Å². The second-order valence-corrected chi connectivity index (χ2v) is 4.02. The molecule has 0 aliphatic carbocycles. The number of halogens is 1. The summed E-state index contributed by atoms with van der Waals surface area (Å²) in [4.78, 5) is 0. The Balaban J connectivity index is 2.30. The first-order chi connectivity index (χ1) is 5.79. The average molecular weight is 227 g/mol. The molecule has 0 amide bonds. The summed E-state index contributed by atoms with van der Waals surface area (Å²) in [5.41, 5.74) is 1.33. The van der Waals surface area contributed by atoms with Gasteiger partial charge < -0.3 is 4.74 Å². The summed E-state index contributed by atoms with van der Waals surface area (Å²) in [5, 5.41) is 0. The fraction of sp³-hybridized carbons (Fsp3) is 0.400. The van der Waals surface area contributed by atoms with Crippen LogP contribution in [0.3, 0.4) is 0 Å². The highest BCUT2D eigenvalue weighted by Gasteiger charge is 2.20. The van der Waals surface area contributed by atoms with Crippen molar-refractivity contribution in [3.05, 3.63) is 28.2 Å². The molecule has 0 fully saturated rings. The lowest BCUT2D eigenvalue weighted by Crippen LogP contribution is -2.10. The highest BCUT2D eigenvalue weighted by atomic mass is 79.9. The van der Waals surface area contributed by atoms with Crippen LogP contribution in [0.5, 0.6) is 5.75 Å². The molecule has 1 aromatic rings. The van der Waals surface area contributed by atoms with E-state index in [1.807, 2.05) is 12.1 Å². The average Bonchev–Trinajstić information content (AvgIpc) is 2.46. The molecule has 1 nitrogen and oxygen atoms in total. The lowest BCUT2D eigenvalue weighted by Gasteiger charge is -2.05.